The minimum atomic E-state index is -0.187. The topological polar surface area (TPSA) is 38.7 Å². The first kappa shape index (κ1) is 20.9. The Hall–Kier alpha value is -1.38. The number of carbonyl (C=O) groups excluding carboxylic acids is 1. The summed E-state index contributed by atoms with van der Waals surface area (Å²) in [5.41, 5.74) is 0.680. The van der Waals surface area contributed by atoms with Crippen LogP contribution in [0, 0.1) is 0 Å². The standard InChI is InChI=1S/C13H19NO2.2C2H6/c1-3-8-12(16-4-2)14-13(15)11-9-6-5-7-10-11;2*1-2/h6,9-10H,3-5,7-8H2,1-2H3;2*1-2H3. The van der Waals surface area contributed by atoms with Gasteiger partial charge < -0.3 is 4.74 Å². The van der Waals surface area contributed by atoms with Crippen molar-refractivity contribution in [2.75, 3.05) is 6.61 Å². The van der Waals surface area contributed by atoms with Gasteiger partial charge in [0, 0.05) is 12.0 Å². The molecule has 0 atom stereocenters. The Morgan fingerprint density at radius 3 is 2.30 bits per heavy atom. The van der Waals surface area contributed by atoms with E-state index in [-0.39, 0.29) is 5.91 Å². The average molecular weight is 281 g/mol. The Kier molecular flexibility index (Phi) is 16.4. The summed E-state index contributed by atoms with van der Waals surface area (Å²) in [5.74, 6) is 0.364. The van der Waals surface area contributed by atoms with Crippen molar-refractivity contribution in [1.29, 1.82) is 0 Å². The molecule has 0 saturated carbocycles. The fourth-order valence-corrected chi connectivity index (χ4v) is 1.49. The van der Waals surface area contributed by atoms with Gasteiger partial charge in [-0.3, -0.25) is 4.79 Å². The zero-order chi connectivity index (χ0) is 15.8. The third-order valence-corrected chi connectivity index (χ3v) is 2.24. The summed E-state index contributed by atoms with van der Waals surface area (Å²) in [5, 5.41) is 0. The summed E-state index contributed by atoms with van der Waals surface area (Å²) in [7, 11) is 0. The van der Waals surface area contributed by atoms with Crippen LogP contribution in [-0.2, 0) is 9.53 Å². The molecule has 20 heavy (non-hydrogen) atoms. The van der Waals surface area contributed by atoms with Crippen LogP contribution in [0.4, 0.5) is 0 Å². The van der Waals surface area contributed by atoms with E-state index in [1.54, 1.807) is 0 Å². The molecule has 0 N–H and O–H groups in total. The van der Waals surface area contributed by atoms with E-state index in [4.69, 9.17) is 4.74 Å². The Morgan fingerprint density at radius 1 is 1.20 bits per heavy atom. The van der Waals surface area contributed by atoms with Gasteiger partial charge in [-0.05, 0) is 26.2 Å². The molecule has 0 spiro atoms. The van der Waals surface area contributed by atoms with Crippen LogP contribution in [0.1, 0.15) is 67.2 Å². The summed E-state index contributed by atoms with van der Waals surface area (Å²) < 4.78 is 5.32. The Labute approximate surface area is 124 Å². The lowest BCUT2D eigenvalue weighted by Crippen LogP contribution is -2.09. The fourth-order valence-electron chi connectivity index (χ4n) is 1.49. The number of amides is 1. The number of ether oxygens (including phenoxy) is 1. The van der Waals surface area contributed by atoms with E-state index in [1.807, 2.05) is 59.8 Å². The predicted octanol–water partition coefficient (Wildman–Crippen LogP) is 5.08. The van der Waals surface area contributed by atoms with Gasteiger partial charge in [-0.2, -0.15) is 4.99 Å². The van der Waals surface area contributed by atoms with Crippen molar-refractivity contribution in [3.8, 4) is 0 Å². The van der Waals surface area contributed by atoms with Crippen molar-refractivity contribution in [1.82, 2.24) is 0 Å². The lowest BCUT2D eigenvalue weighted by atomic mass is 10.1. The molecule has 0 aromatic heterocycles. The largest absolute Gasteiger partial charge is 0.481 e. The van der Waals surface area contributed by atoms with E-state index < -0.39 is 0 Å². The smallest absolute Gasteiger partial charge is 0.279 e. The second-order valence-electron chi connectivity index (χ2n) is 3.63. The van der Waals surface area contributed by atoms with Crippen LogP contribution in [-0.4, -0.2) is 18.4 Å². The first-order chi connectivity index (χ1) is 9.77. The van der Waals surface area contributed by atoms with Gasteiger partial charge in [0.05, 0.1) is 6.61 Å². The van der Waals surface area contributed by atoms with Gasteiger partial charge in [-0.15, -0.1) is 0 Å². The number of nitrogens with zero attached hydrogens (tertiary/aromatic N) is 1. The molecular weight excluding hydrogens is 250 g/mol. The van der Waals surface area contributed by atoms with Gasteiger partial charge in [0.1, 0.15) is 0 Å². The fraction of sp³-hybridized carbons (Fsp3) is 0.647. The highest BCUT2D eigenvalue weighted by molar-refractivity contribution is 6.03. The number of carbonyl (C=O) groups is 1. The Bertz CT molecular complexity index is 320. The van der Waals surface area contributed by atoms with E-state index in [9.17, 15) is 4.79 Å². The maximum atomic E-state index is 11.8. The average Bonchev–Trinajstić information content (AvgIpc) is 2.52. The molecule has 1 rings (SSSR count). The number of hydrogen-bond acceptors (Lipinski definition) is 2. The molecule has 0 heterocycles. The molecule has 1 aliphatic carbocycles. The highest BCUT2D eigenvalue weighted by Crippen LogP contribution is 2.11. The van der Waals surface area contributed by atoms with Crippen molar-refractivity contribution in [3.05, 3.63) is 23.8 Å². The molecule has 0 unspecified atom stereocenters. The molecule has 116 valence electrons. The van der Waals surface area contributed by atoms with Gasteiger partial charge in [-0.1, -0.05) is 52.8 Å². The van der Waals surface area contributed by atoms with Crippen molar-refractivity contribution < 1.29 is 9.53 Å². The minimum absolute atomic E-state index is 0.187. The quantitative estimate of drug-likeness (QED) is 0.532. The molecule has 0 bridgehead atoms. The summed E-state index contributed by atoms with van der Waals surface area (Å²) in [6.07, 6.45) is 9.35. The highest BCUT2D eigenvalue weighted by Gasteiger charge is 2.09. The first-order valence-corrected chi connectivity index (χ1v) is 7.89. The normalized spacial score (nSPS) is 13.3. The Balaban J connectivity index is 0. The van der Waals surface area contributed by atoms with Crippen LogP contribution in [0.2, 0.25) is 0 Å². The highest BCUT2D eigenvalue weighted by atomic mass is 16.5. The van der Waals surface area contributed by atoms with E-state index in [0.717, 1.165) is 25.7 Å². The third-order valence-electron chi connectivity index (χ3n) is 2.24. The van der Waals surface area contributed by atoms with Crippen LogP contribution in [0.5, 0.6) is 0 Å². The van der Waals surface area contributed by atoms with Crippen molar-refractivity contribution in [3.63, 3.8) is 0 Å². The van der Waals surface area contributed by atoms with E-state index in [2.05, 4.69) is 4.99 Å². The number of allylic oxidation sites excluding steroid dienone is 2. The Morgan fingerprint density at radius 2 is 1.85 bits per heavy atom. The molecule has 0 aliphatic heterocycles. The summed E-state index contributed by atoms with van der Waals surface area (Å²) in [6.45, 7) is 12.5. The van der Waals surface area contributed by atoms with Crippen LogP contribution < -0.4 is 0 Å². The molecule has 0 saturated heterocycles. The van der Waals surface area contributed by atoms with E-state index >= 15 is 0 Å². The van der Waals surface area contributed by atoms with Gasteiger partial charge in [0.25, 0.3) is 5.91 Å². The van der Waals surface area contributed by atoms with Gasteiger partial charge in [0.15, 0.2) is 5.90 Å². The SMILES string of the molecule is CC.CC.CCCC(=NC(=O)C1=CCCC=C1)OCC. The molecule has 0 aromatic rings. The van der Waals surface area contributed by atoms with E-state index in [0.29, 0.717) is 18.1 Å². The number of aliphatic imine (C=N–C) groups is 1. The molecule has 1 aliphatic rings. The molecule has 3 nitrogen and oxygen atoms in total. The maximum Gasteiger partial charge on any atom is 0.279 e. The van der Waals surface area contributed by atoms with Gasteiger partial charge >= 0.3 is 0 Å². The zero-order valence-electron chi connectivity index (χ0n) is 14.0. The molecule has 3 heteroatoms. The van der Waals surface area contributed by atoms with Gasteiger partial charge in [0.2, 0.25) is 0 Å². The second-order valence-corrected chi connectivity index (χ2v) is 3.63. The summed E-state index contributed by atoms with van der Waals surface area (Å²) in [4.78, 5) is 15.8. The van der Waals surface area contributed by atoms with Crippen LogP contribution in [0.15, 0.2) is 28.8 Å². The lowest BCUT2D eigenvalue weighted by molar-refractivity contribution is -0.114. The second kappa shape index (κ2) is 15.7. The van der Waals surface area contributed by atoms with Gasteiger partial charge in [-0.25, -0.2) is 0 Å². The van der Waals surface area contributed by atoms with Crippen LogP contribution in [0.25, 0.3) is 0 Å². The summed E-state index contributed by atoms with van der Waals surface area (Å²) >= 11 is 0. The predicted molar refractivity (Wildman–Crippen MR) is 88.1 cm³/mol. The van der Waals surface area contributed by atoms with Crippen molar-refractivity contribution in [2.24, 2.45) is 4.99 Å². The molecular formula is C17H31NO2. The molecule has 0 fully saturated rings. The van der Waals surface area contributed by atoms with Crippen LogP contribution in [0.3, 0.4) is 0 Å². The molecule has 1 amide bonds. The van der Waals surface area contributed by atoms with E-state index in [1.165, 1.54) is 0 Å². The van der Waals surface area contributed by atoms with Crippen molar-refractivity contribution >= 4 is 11.8 Å². The number of hydrogen-bond donors (Lipinski definition) is 0. The lowest BCUT2D eigenvalue weighted by Gasteiger charge is -2.06. The monoisotopic (exact) mass is 281 g/mol. The summed E-state index contributed by atoms with van der Waals surface area (Å²) in [6, 6.07) is 0. The third kappa shape index (κ3) is 9.54. The molecule has 0 radical (unpaired) electrons. The van der Waals surface area contributed by atoms with Crippen molar-refractivity contribution in [2.45, 2.75) is 67.2 Å². The minimum Gasteiger partial charge on any atom is -0.481 e. The number of rotatable bonds is 4. The first-order valence-electron chi connectivity index (χ1n) is 7.89. The zero-order valence-corrected chi connectivity index (χ0v) is 14.0. The maximum absolute atomic E-state index is 11.8. The van der Waals surface area contributed by atoms with Crippen LogP contribution >= 0.6 is 0 Å². The molecule has 0 aromatic carbocycles.